The fraction of sp³-hybridized carbons (Fsp3) is 0.350. The van der Waals surface area contributed by atoms with E-state index in [2.05, 4.69) is 0 Å². The molecule has 0 aliphatic carbocycles. The average Bonchev–Trinajstić information content (AvgIpc) is 2.64. The van der Waals surface area contributed by atoms with Gasteiger partial charge in [0.05, 0.1) is 6.61 Å². The molecule has 3 nitrogen and oxygen atoms in total. The molecular weight excluding hydrogens is 322 g/mol. The second-order valence-corrected chi connectivity index (χ2v) is 6.54. The minimum Gasteiger partial charge on any atom is -0.494 e. The van der Waals surface area contributed by atoms with Gasteiger partial charge in [0, 0.05) is 29.6 Å². The third-order valence-electron chi connectivity index (χ3n) is 4.44. The van der Waals surface area contributed by atoms with Gasteiger partial charge < -0.3 is 9.64 Å². The Morgan fingerprint density at radius 3 is 2.58 bits per heavy atom. The molecule has 3 rings (SSSR count). The van der Waals surface area contributed by atoms with Crippen molar-refractivity contribution in [2.75, 3.05) is 13.2 Å². The number of nitrogens with zero attached hydrogens (tertiary/aromatic N) is 1. The van der Waals surface area contributed by atoms with E-state index < -0.39 is 0 Å². The van der Waals surface area contributed by atoms with Crippen molar-refractivity contribution in [3.63, 3.8) is 0 Å². The number of benzene rings is 2. The third-order valence-corrected chi connectivity index (χ3v) is 4.69. The molecule has 1 aliphatic heterocycles. The summed E-state index contributed by atoms with van der Waals surface area (Å²) in [5.74, 6) is 0.947. The van der Waals surface area contributed by atoms with Crippen molar-refractivity contribution in [1.29, 1.82) is 0 Å². The molecule has 0 spiro atoms. The fourth-order valence-electron chi connectivity index (χ4n) is 3.16. The standard InChI is InChI=1S/C20H22ClNO2/c21-17-9-11-19(12-10-17)24-15-13-18-8-4-5-14-22(18)20(23)16-6-2-1-3-7-16/h1-3,6-7,9-12,18H,4-5,8,13-15H2. The van der Waals surface area contributed by atoms with Gasteiger partial charge in [-0.25, -0.2) is 0 Å². The van der Waals surface area contributed by atoms with Crippen LogP contribution in [0.4, 0.5) is 0 Å². The molecular formula is C20H22ClNO2. The highest BCUT2D eigenvalue weighted by atomic mass is 35.5. The summed E-state index contributed by atoms with van der Waals surface area (Å²) in [6.07, 6.45) is 4.14. The zero-order chi connectivity index (χ0) is 16.8. The lowest BCUT2D eigenvalue weighted by atomic mass is 9.98. The topological polar surface area (TPSA) is 29.5 Å². The van der Waals surface area contributed by atoms with E-state index in [4.69, 9.17) is 16.3 Å². The summed E-state index contributed by atoms with van der Waals surface area (Å²) in [5, 5.41) is 0.703. The SMILES string of the molecule is O=C(c1ccccc1)N1CCCCC1CCOc1ccc(Cl)cc1. The second-order valence-electron chi connectivity index (χ2n) is 6.11. The van der Waals surface area contributed by atoms with Crippen LogP contribution in [0.25, 0.3) is 0 Å². The molecule has 2 aromatic rings. The van der Waals surface area contributed by atoms with Crippen molar-refractivity contribution in [3.05, 3.63) is 65.2 Å². The highest BCUT2D eigenvalue weighted by molar-refractivity contribution is 6.30. The number of piperidine rings is 1. The van der Waals surface area contributed by atoms with Crippen molar-refractivity contribution >= 4 is 17.5 Å². The Labute approximate surface area is 148 Å². The Kier molecular flexibility index (Phi) is 5.76. The summed E-state index contributed by atoms with van der Waals surface area (Å²) in [7, 11) is 0. The van der Waals surface area contributed by atoms with E-state index in [1.165, 1.54) is 6.42 Å². The molecule has 1 atom stereocenters. The molecule has 0 bridgehead atoms. The second kappa shape index (κ2) is 8.20. The molecule has 0 aromatic heterocycles. The highest BCUT2D eigenvalue weighted by Crippen LogP contribution is 2.23. The molecule has 1 aliphatic rings. The van der Waals surface area contributed by atoms with Crippen molar-refractivity contribution in [1.82, 2.24) is 4.90 Å². The normalized spacial score (nSPS) is 17.5. The maximum absolute atomic E-state index is 12.8. The number of hydrogen-bond acceptors (Lipinski definition) is 2. The molecule has 0 N–H and O–H groups in total. The van der Waals surface area contributed by atoms with Crippen molar-refractivity contribution < 1.29 is 9.53 Å². The highest BCUT2D eigenvalue weighted by Gasteiger charge is 2.27. The number of halogens is 1. The number of amides is 1. The quantitative estimate of drug-likeness (QED) is 0.780. The summed E-state index contributed by atoms with van der Waals surface area (Å²) in [6.45, 7) is 1.43. The van der Waals surface area contributed by atoms with Gasteiger partial charge in [0.15, 0.2) is 0 Å². The first-order valence-corrected chi connectivity index (χ1v) is 8.86. The first-order valence-electron chi connectivity index (χ1n) is 8.48. The van der Waals surface area contributed by atoms with E-state index in [0.717, 1.165) is 37.1 Å². The van der Waals surface area contributed by atoms with E-state index in [0.29, 0.717) is 11.6 Å². The van der Waals surface area contributed by atoms with Gasteiger partial charge in [-0.2, -0.15) is 0 Å². The maximum Gasteiger partial charge on any atom is 0.254 e. The molecule has 2 aromatic carbocycles. The summed E-state index contributed by atoms with van der Waals surface area (Å²) >= 11 is 5.88. The molecule has 1 amide bonds. The van der Waals surface area contributed by atoms with Crippen LogP contribution >= 0.6 is 11.6 Å². The molecule has 0 radical (unpaired) electrons. The van der Waals surface area contributed by atoms with Crippen LogP contribution in [0.3, 0.4) is 0 Å². The van der Waals surface area contributed by atoms with E-state index in [1.807, 2.05) is 59.5 Å². The third kappa shape index (κ3) is 4.30. The Hall–Kier alpha value is -2.00. The zero-order valence-corrected chi connectivity index (χ0v) is 14.4. The number of carbonyl (C=O) groups is 1. The van der Waals surface area contributed by atoms with Gasteiger partial charge in [-0.3, -0.25) is 4.79 Å². The Morgan fingerprint density at radius 2 is 1.83 bits per heavy atom. The smallest absolute Gasteiger partial charge is 0.254 e. The number of carbonyl (C=O) groups excluding carboxylic acids is 1. The van der Waals surface area contributed by atoms with Gasteiger partial charge in [0.25, 0.3) is 5.91 Å². The molecule has 1 fully saturated rings. The number of hydrogen-bond donors (Lipinski definition) is 0. The molecule has 0 saturated carbocycles. The molecule has 1 unspecified atom stereocenters. The van der Waals surface area contributed by atoms with Gasteiger partial charge in [0.1, 0.15) is 5.75 Å². The monoisotopic (exact) mass is 343 g/mol. The molecule has 126 valence electrons. The van der Waals surface area contributed by atoms with Crippen LogP contribution in [0.5, 0.6) is 5.75 Å². The first-order chi connectivity index (χ1) is 11.7. The van der Waals surface area contributed by atoms with Crippen LogP contribution in [0.15, 0.2) is 54.6 Å². The number of ether oxygens (including phenoxy) is 1. The van der Waals surface area contributed by atoms with E-state index in [-0.39, 0.29) is 11.9 Å². The van der Waals surface area contributed by atoms with Crippen molar-refractivity contribution in [2.45, 2.75) is 31.7 Å². The molecule has 1 saturated heterocycles. The Balaban J connectivity index is 1.58. The minimum absolute atomic E-state index is 0.131. The molecule has 1 heterocycles. The fourth-order valence-corrected chi connectivity index (χ4v) is 3.28. The predicted octanol–water partition coefficient (Wildman–Crippen LogP) is 4.80. The summed E-state index contributed by atoms with van der Waals surface area (Å²) in [4.78, 5) is 14.8. The molecule has 4 heteroatoms. The maximum atomic E-state index is 12.8. The van der Waals surface area contributed by atoms with Crippen LogP contribution in [-0.4, -0.2) is 30.0 Å². The molecule has 24 heavy (non-hydrogen) atoms. The van der Waals surface area contributed by atoms with Crippen LogP contribution < -0.4 is 4.74 Å². The van der Waals surface area contributed by atoms with Gasteiger partial charge in [-0.1, -0.05) is 29.8 Å². The van der Waals surface area contributed by atoms with Crippen LogP contribution in [0.2, 0.25) is 5.02 Å². The van der Waals surface area contributed by atoms with E-state index >= 15 is 0 Å². The predicted molar refractivity (Wildman–Crippen MR) is 96.7 cm³/mol. The van der Waals surface area contributed by atoms with Crippen LogP contribution in [0, 0.1) is 0 Å². The van der Waals surface area contributed by atoms with Gasteiger partial charge >= 0.3 is 0 Å². The number of rotatable bonds is 5. The zero-order valence-electron chi connectivity index (χ0n) is 13.7. The summed E-state index contributed by atoms with van der Waals surface area (Å²) < 4.78 is 5.80. The lowest BCUT2D eigenvalue weighted by Crippen LogP contribution is -2.44. The average molecular weight is 344 g/mol. The van der Waals surface area contributed by atoms with Crippen molar-refractivity contribution in [2.24, 2.45) is 0 Å². The first kappa shape index (κ1) is 16.8. The van der Waals surface area contributed by atoms with Gasteiger partial charge in [-0.15, -0.1) is 0 Å². The lowest BCUT2D eigenvalue weighted by molar-refractivity contribution is 0.0580. The largest absolute Gasteiger partial charge is 0.494 e. The lowest BCUT2D eigenvalue weighted by Gasteiger charge is -2.36. The van der Waals surface area contributed by atoms with E-state index in [1.54, 1.807) is 0 Å². The Bertz CT molecular complexity index is 657. The van der Waals surface area contributed by atoms with Crippen LogP contribution in [0.1, 0.15) is 36.0 Å². The summed E-state index contributed by atoms with van der Waals surface area (Å²) in [5.41, 5.74) is 0.767. The van der Waals surface area contributed by atoms with Crippen molar-refractivity contribution in [3.8, 4) is 5.75 Å². The Morgan fingerprint density at radius 1 is 1.08 bits per heavy atom. The van der Waals surface area contributed by atoms with Crippen LogP contribution in [-0.2, 0) is 0 Å². The summed E-state index contributed by atoms with van der Waals surface area (Å²) in [6, 6.07) is 17.2. The van der Waals surface area contributed by atoms with Gasteiger partial charge in [0.2, 0.25) is 0 Å². The number of likely N-dealkylation sites (tertiary alicyclic amines) is 1. The van der Waals surface area contributed by atoms with E-state index in [9.17, 15) is 4.79 Å². The van der Waals surface area contributed by atoms with Gasteiger partial charge in [-0.05, 0) is 55.7 Å². The minimum atomic E-state index is 0.131.